The second kappa shape index (κ2) is 5.48. The predicted octanol–water partition coefficient (Wildman–Crippen LogP) is 2.47. The molecule has 3 heteroatoms. The Bertz CT molecular complexity index is 274. The highest BCUT2D eigenvalue weighted by atomic mass is 16.5. The smallest absolute Gasteiger partial charge is 0.0743 e. The Morgan fingerprint density at radius 3 is 2.61 bits per heavy atom. The molecule has 0 aliphatic heterocycles. The van der Waals surface area contributed by atoms with Crippen LogP contribution < -0.4 is 5.32 Å². The molecule has 3 unspecified atom stereocenters. The van der Waals surface area contributed by atoms with Crippen molar-refractivity contribution in [3.05, 3.63) is 0 Å². The van der Waals surface area contributed by atoms with Crippen molar-refractivity contribution in [2.45, 2.75) is 77.0 Å². The van der Waals surface area contributed by atoms with Crippen LogP contribution in [0.25, 0.3) is 0 Å². The molecular formula is C15H29NO2. The van der Waals surface area contributed by atoms with Crippen molar-refractivity contribution < 1.29 is 9.84 Å². The molecule has 3 nitrogen and oxygen atoms in total. The lowest BCUT2D eigenvalue weighted by Crippen LogP contribution is -2.68. The van der Waals surface area contributed by atoms with Gasteiger partial charge in [-0.2, -0.15) is 0 Å². The zero-order valence-corrected chi connectivity index (χ0v) is 12.2. The van der Waals surface area contributed by atoms with E-state index in [1.54, 1.807) is 0 Å². The summed E-state index contributed by atoms with van der Waals surface area (Å²) >= 11 is 0. The molecule has 0 heterocycles. The van der Waals surface area contributed by atoms with Crippen molar-refractivity contribution >= 4 is 0 Å². The molecule has 0 saturated heterocycles. The van der Waals surface area contributed by atoms with E-state index in [2.05, 4.69) is 19.2 Å². The minimum Gasteiger partial charge on any atom is -0.389 e. The normalized spacial score (nSPS) is 32.7. The molecule has 0 radical (unpaired) electrons. The van der Waals surface area contributed by atoms with Crippen LogP contribution in [0.15, 0.2) is 0 Å². The maximum Gasteiger partial charge on any atom is 0.0743 e. The average molecular weight is 255 g/mol. The fourth-order valence-electron chi connectivity index (χ4n) is 3.69. The molecule has 0 aromatic heterocycles. The van der Waals surface area contributed by atoms with Crippen molar-refractivity contribution in [1.82, 2.24) is 5.32 Å². The summed E-state index contributed by atoms with van der Waals surface area (Å²) in [5.41, 5.74) is -0.158. The van der Waals surface area contributed by atoms with Gasteiger partial charge in [0.1, 0.15) is 0 Å². The minimum atomic E-state index is -0.559. The van der Waals surface area contributed by atoms with Crippen LogP contribution in [0.5, 0.6) is 0 Å². The second-order valence-corrected chi connectivity index (χ2v) is 6.45. The van der Waals surface area contributed by atoms with Crippen LogP contribution >= 0.6 is 0 Å². The number of hydrogen-bond acceptors (Lipinski definition) is 3. The Balaban J connectivity index is 1.81. The van der Waals surface area contributed by atoms with Gasteiger partial charge < -0.3 is 15.2 Å². The van der Waals surface area contributed by atoms with Gasteiger partial charge in [0.25, 0.3) is 0 Å². The second-order valence-electron chi connectivity index (χ2n) is 6.45. The van der Waals surface area contributed by atoms with Crippen LogP contribution in [-0.2, 0) is 4.74 Å². The number of aliphatic hydroxyl groups is 1. The van der Waals surface area contributed by atoms with E-state index < -0.39 is 5.60 Å². The van der Waals surface area contributed by atoms with E-state index in [0.717, 1.165) is 25.9 Å². The number of ether oxygens (including phenoxy) is 1. The first-order valence-electron chi connectivity index (χ1n) is 7.61. The van der Waals surface area contributed by atoms with Crippen molar-refractivity contribution in [3.63, 3.8) is 0 Å². The molecule has 2 fully saturated rings. The highest BCUT2D eigenvalue weighted by Gasteiger charge is 2.58. The largest absolute Gasteiger partial charge is 0.389 e. The van der Waals surface area contributed by atoms with Gasteiger partial charge in [0.2, 0.25) is 0 Å². The number of rotatable bonds is 7. The molecule has 0 aromatic carbocycles. The molecular weight excluding hydrogens is 226 g/mol. The predicted molar refractivity (Wildman–Crippen MR) is 73.6 cm³/mol. The summed E-state index contributed by atoms with van der Waals surface area (Å²) < 4.78 is 5.84. The van der Waals surface area contributed by atoms with Gasteiger partial charge in [0.05, 0.1) is 11.7 Å². The molecule has 0 bridgehead atoms. The molecule has 106 valence electrons. The zero-order chi connectivity index (χ0) is 13.2. The van der Waals surface area contributed by atoms with Crippen LogP contribution in [-0.4, -0.2) is 36.0 Å². The Labute approximate surface area is 111 Å². The van der Waals surface area contributed by atoms with Gasteiger partial charge in [-0.1, -0.05) is 19.8 Å². The standard InChI is InChI=1S/C15H29NO2/c1-4-7-14(3,17)11-16-12-10-13(18-5-2)15(12)8-6-9-15/h12-13,16-17H,4-11H2,1-3H3. The first-order valence-corrected chi connectivity index (χ1v) is 7.61. The maximum absolute atomic E-state index is 10.2. The molecule has 2 saturated carbocycles. The van der Waals surface area contributed by atoms with E-state index in [4.69, 9.17) is 4.74 Å². The third kappa shape index (κ3) is 2.59. The lowest BCUT2D eigenvalue weighted by atomic mass is 9.51. The van der Waals surface area contributed by atoms with Gasteiger partial charge in [0, 0.05) is 24.6 Å². The molecule has 2 aliphatic carbocycles. The van der Waals surface area contributed by atoms with Crippen LogP contribution in [0.3, 0.4) is 0 Å². The molecule has 2 aliphatic rings. The molecule has 2 rings (SSSR count). The van der Waals surface area contributed by atoms with Gasteiger partial charge in [0.15, 0.2) is 0 Å². The van der Waals surface area contributed by atoms with E-state index in [1.807, 2.05) is 6.92 Å². The lowest BCUT2D eigenvalue weighted by molar-refractivity contribution is -0.175. The van der Waals surface area contributed by atoms with E-state index in [1.165, 1.54) is 19.3 Å². The zero-order valence-electron chi connectivity index (χ0n) is 12.2. The molecule has 0 amide bonds. The van der Waals surface area contributed by atoms with E-state index in [-0.39, 0.29) is 0 Å². The van der Waals surface area contributed by atoms with Gasteiger partial charge in [-0.05, 0) is 39.5 Å². The van der Waals surface area contributed by atoms with Crippen molar-refractivity contribution in [1.29, 1.82) is 0 Å². The van der Waals surface area contributed by atoms with E-state index in [9.17, 15) is 5.11 Å². The third-order valence-corrected chi connectivity index (χ3v) is 4.96. The van der Waals surface area contributed by atoms with E-state index >= 15 is 0 Å². The topological polar surface area (TPSA) is 41.5 Å². The fraction of sp³-hybridized carbons (Fsp3) is 1.00. The summed E-state index contributed by atoms with van der Waals surface area (Å²) in [5, 5.41) is 13.8. The Morgan fingerprint density at radius 2 is 2.11 bits per heavy atom. The van der Waals surface area contributed by atoms with Crippen LogP contribution in [0.2, 0.25) is 0 Å². The van der Waals surface area contributed by atoms with E-state index in [0.29, 0.717) is 24.1 Å². The molecule has 18 heavy (non-hydrogen) atoms. The van der Waals surface area contributed by atoms with Crippen molar-refractivity contribution in [2.75, 3.05) is 13.2 Å². The van der Waals surface area contributed by atoms with Gasteiger partial charge >= 0.3 is 0 Å². The highest BCUT2D eigenvalue weighted by Crippen LogP contribution is 2.57. The van der Waals surface area contributed by atoms with Gasteiger partial charge in [-0.25, -0.2) is 0 Å². The Kier molecular flexibility index (Phi) is 4.35. The third-order valence-electron chi connectivity index (χ3n) is 4.96. The summed E-state index contributed by atoms with van der Waals surface area (Å²) in [7, 11) is 0. The first-order chi connectivity index (χ1) is 8.54. The summed E-state index contributed by atoms with van der Waals surface area (Å²) in [6, 6.07) is 0.561. The van der Waals surface area contributed by atoms with Gasteiger partial charge in [-0.15, -0.1) is 0 Å². The summed E-state index contributed by atoms with van der Waals surface area (Å²) in [4.78, 5) is 0. The van der Waals surface area contributed by atoms with Crippen LogP contribution in [0, 0.1) is 5.41 Å². The molecule has 3 atom stereocenters. The Hall–Kier alpha value is -0.120. The fourth-order valence-corrected chi connectivity index (χ4v) is 3.69. The average Bonchev–Trinajstić information content (AvgIpc) is 2.19. The highest BCUT2D eigenvalue weighted by molar-refractivity contribution is 5.12. The van der Waals surface area contributed by atoms with Crippen molar-refractivity contribution in [2.24, 2.45) is 5.41 Å². The van der Waals surface area contributed by atoms with Crippen LogP contribution in [0.4, 0.5) is 0 Å². The summed E-state index contributed by atoms with van der Waals surface area (Å²) in [6.45, 7) is 7.68. The first kappa shape index (κ1) is 14.3. The summed E-state index contributed by atoms with van der Waals surface area (Å²) in [6.07, 6.45) is 7.42. The monoisotopic (exact) mass is 255 g/mol. The van der Waals surface area contributed by atoms with Crippen LogP contribution in [0.1, 0.15) is 59.3 Å². The number of hydrogen-bond donors (Lipinski definition) is 2. The molecule has 1 spiro atoms. The Morgan fingerprint density at radius 1 is 1.39 bits per heavy atom. The summed E-state index contributed by atoms with van der Waals surface area (Å²) in [5.74, 6) is 0. The molecule has 0 aromatic rings. The minimum absolute atomic E-state index is 0.401. The quantitative estimate of drug-likeness (QED) is 0.734. The lowest BCUT2D eigenvalue weighted by Gasteiger charge is -2.61. The van der Waals surface area contributed by atoms with Crippen molar-refractivity contribution in [3.8, 4) is 0 Å². The molecule has 2 N–H and O–H groups in total. The van der Waals surface area contributed by atoms with Gasteiger partial charge in [-0.3, -0.25) is 0 Å². The number of nitrogens with one attached hydrogen (secondary N) is 1. The SMILES string of the molecule is CCCC(C)(O)CNC1CC(OCC)C12CCC2. The maximum atomic E-state index is 10.2.